The molecule has 3 rings (SSSR count). The maximum absolute atomic E-state index is 12.7. The van der Waals surface area contributed by atoms with E-state index < -0.39 is 6.04 Å². The molecule has 2 aliphatic heterocycles. The minimum Gasteiger partial charge on any atom is -0.369 e. The summed E-state index contributed by atoms with van der Waals surface area (Å²) in [5.74, 6) is -1.04. The standard InChI is InChI=1S/C16H17Cl2N3O3/c17-10-1-2-12(11(18)7-10)21-14(22)8-13(16(21)24)20-5-3-9(4-6-20)15(19)23/h1-2,7,9,13H,3-6,8H2,(H2,19,23)/t13-/m1/s1. The van der Waals surface area contributed by atoms with E-state index in [4.69, 9.17) is 28.9 Å². The Kier molecular flexibility index (Phi) is 4.80. The van der Waals surface area contributed by atoms with Crippen molar-refractivity contribution in [3.63, 3.8) is 0 Å². The van der Waals surface area contributed by atoms with Gasteiger partial charge in [0.05, 0.1) is 23.2 Å². The molecule has 0 aromatic heterocycles. The van der Waals surface area contributed by atoms with Crippen LogP contribution in [-0.4, -0.2) is 41.8 Å². The first-order valence-corrected chi connectivity index (χ1v) is 8.49. The van der Waals surface area contributed by atoms with Crippen LogP contribution >= 0.6 is 23.2 Å². The average Bonchev–Trinajstić information content (AvgIpc) is 2.83. The first-order valence-electron chi connectivity index (χ1n) is 7.73. The second-order valence-corrected chi connectivity index (χ2v) is 6.94. The van der Waals surface area contributed by atoms with Gasteiger partial charge in [0, 0.05) is 10.9 Å². The molecule has 2 fully saturated rings. The molecule has 3 amide bonds. The van der Waals surface area contributed by atoms with Gasteiger partial charge in [0.25, 0.3) is 5.91 Å². The van der Waals surface area contributed by atoms with Crippen LogP contribution < -0.4 is 10.6 Å². The summed E-state index contributed by atoms with van der Waals surface area (Å²) in [6.45, 7) is 1.14. The lowest BCUT2D eigenvalue weighted by Gasteiger charge is -2.33. The van der Waals surface area contributed by atoms with Crippen molar-refractivity contribution in [1.82, 2.24) is 4.90 Å². The number of carbonyl (C=O) groups excluding carboxylic acids is 3. The molecule has 0 unspecified atom stereocenters. The lowest BCUT2D eigenvalue weighted by Crippen LogP contribution is -2.47. The number of anilines is 1. The van der Waals surface area contributed by atoms with Crippen LogP contribution in [-0.2, 0) is 14.4 Å². The van der Waals surface area contributed by atoms with Gasteiger partial charge in [-0.1, -0.05) is 23.2 Å². The van der Waals surface area contributed by atoms with E-state index in [1.54, 1.807) is 12.1 Å². The molecule has 2 N–H and O–H groups in total. The van der Waals surface area contributed by atoms with Gasteiger partial charge >= 0.3 is 0 Å². The number of halogens is 2. The average molecular weight is 370 g/mol. The number of nitrogens with two attached hydrogens (primary N) is 1. The number of hydrogen-bond acceptors (Lipinski definition) is 4. The van der Waals surface area contributed by atoms with Crippen LogP contribution in [0.15, 0.2) is 18.2 Å². The summed E-state index contributed by atoms with van der Waals surface area (Å²) in [6, 6.07) is 4.15. The van der Waals surface area contributed by atoms with Crippen molar-refractivity contribution < 1.29 is 14.4 Å². The number of likely N-dealkylation sites (tertiary alicyclic amines) is 1. The number of rotatable bonds is 3. The Labute approximate surface area is 149 Å². The van der Waals surface area contributed by atoms with Crippen LogP contribution in [0.3, 0.4) is 0 Å². The highest BCUT2D eigenvalue weighted by Crippen LogP contribution is 2.34. The Balaban J connectivity index is 1.76. The molecule has 0 spiro atoms. The number of carbonyl (C=O) groups is 3. The largest absolute Gasteiger partial charge is 0.369 e. The van der Waals surface area contributed by atoms with Crippen molar-refractivity contribution in [2.24, 2.45) is 11.7 Å². The van der Waals surface area contributed by atoms with E-state index in [-0.39, 0.29) is 35.1 Å². The lowest BCUT2D eigenvalue weighted by atomic mass is 9.95. The number of piperidine rings is 1. The lowest BCUT2D eigenvalue weighted by molar-refractivity contribution is -0.124. The fraction of sp³-hybridized carbons (Fsp3) is 0.438. The van der Waals surface area contributed by atoms with Crippen molar-refractivity contribution in [2.75, 3.05) is 18.0 Å². The molecular formula is C16H17Cl2N3O3. The molecule has 0 saturated carbocycles. The van der Waals surface area contributed by atoms with Gasteiger partial charge < -0.3 is 5.73 Å². The van der Waals surface area contributed by atoms with Crippen LogP contribution in [0.1, 0.15) is 19.3 Å². The monoisotopic (exact) mass is 369 g/mol. The Hall–Kier alpha value is -1.63. The SMILES string of the molecule is NC(=O)C1CCN([C@@H]2CC(=O)N(c3ccc(Cl)cc3Cl)C2=O)CC1. The highest BCUT2D eigenvalue weighted by Gasteiger charge is 2.44. The molecule has 24 heavy (non-hydrogen) atoms. The number of benzene rings is 1. The van der Waals surface area contributed by atoms with Crippen molar-refractivity contribution in [3.8, 4) is 0 Å². The molecule has 128 valence electrons. The summed E-state index contributed by atoms with van der Waals surface area (Å²) in [6.07, 6.45) is 1.32. The van der Waals surface area contributed by atoms with Gasteiger partial charge in [-0.3, -0.25) is 19.3 Å². The molecule has 2 saturated heterocycles. The highest BCUT2D eigenvalue weighted by molar-refractivity contribution is 6.38. The third kappa shape index (κ3) is 3.14. The van der Waals surface area contributed by atoms with E-state index in [1.807, 2.05) is 4.90 Å². The first-order chi connectivity index (χ1) is 11.4. The first kappa shape index (κ1) is 17.2. The molecule has 0 aliphatic carbocycles. The number of primary amides is 1. The van der Waals surface area contributed by atoms with Gasteiger partial charge in [0.1, 0.15) is 0 Å². The van der Waals surface area contributed by atoms with E-state index in [1.165, 1.54) is 6.07 Å². The second kappa shape index (κ2) is 6.70. The normalized spacial score (nSPS) is 23.1. The number of imide groups is 1. The summed E-state index contributed by atoms with van der Waals surface area (Å²) in [5.41, 5.74) is 5.68. The van der Waals surface area contributed by atoms with Crippen molar-refractivity contribution in [1.29, 1.82) is 0 Å². The minimum absolute atomic E-state index is 0.110. The predicted molar refractivity (Wildman–Crippen MR) is 90.9 cm³/mol. The predicted octanol–water partition coefficient (Wildman–Crippen LogP) is 1.82. The van der Waals surface area contributed by atoms with Crippen molar-refractivity contribution >= 4 is 46.6 Å². The fourth-order valence-electron chi connectivity index (χ4n) is 3.31. The quantitative estimate of drug-likeness (QED) is 0.823. The summed E-state index contributed by atoms with van der Waals surface area (Å²) in [7, 11) is 0. The molecule has 2 aliphatic rings. The summed E-state index contributed by atoms with van der Waals surface area (Å²) in [5, 5.41) is 0.699. The molecule has 8 heteroatoms. The molecule has 1 atom stereocenters. The molecule has 1 aromatic carbocycles. The molecule has 1 aromatic rings. The Morgan fingerprint density at radius 1 is 1.17 bits per heavy atom. The third-order valence-electron chi connectivity index (χ3n) is 4.65. The topological polar surface area (TPSA) is 83.7 Å². The fourth-order valence-corrected chi connectivity index (χ4v) is 3.81. The van der Waals surface area contributed by atoms with Crippen molar-refractivity contribution in [3.05, 3.63) is 28.2 Å². The van der Waals surface area contributed by atoms with Gasteiger partial charge in [0.15, 0.2) is 0 Å². The van der Waals surface area contributed by atoms with E-state index >= 15 is 0 Å². The maximum Gasteiger partial charge on any atom is 0.251 e. The molecule has 6 nitrogen and oxygen atoms in total. The minimum atomic E-state index is -0.516. The van der Waals surface area contributed by atoms with Crippen LogP contribution in [0, 0.1) is 5.92 Å². The van der Waals surface area contributed by atoms with Crippen LogP contribution in [0.4, 0.5) is 5.69 Å². The highest BCUT2D eigenvalue weighted by atomic mass is 35.5. The van der Waals surface area contributed by atoms with E-state index in [0.717, 1.165) is 4.90 Å². The van der Waals surface area contributed by atoms with Gasteiger partial charge in [0.2, 0.25) is 11.8 Å². The Bertz CT molecular complexity index is 702. The summed E-state index contributed by atoms with van der Waals surface area (Å²) >= 11 is 12.0. The molecule has 0 radical (unpaired) electrons. The van der Waals surface area contributed by atoms with Gasteiger partial charge in [-0.25, -0.2) is 4.90 Å². The van der Waals surface area contributed by atoms with Crippen LogP contribution in [0.5, 0.6) is 0 Å². The van der Waals surface area contributed by atoms with E-state index in [0.29, 0.717) is 36.6 Å². The third-order valence-corrected chi connectivity index (χ3v) is 5.18. The van der Waals surface area contributed by atoms with E-state index in [9.17, 15) is 14.4 Å². The molecular weight excluding hydrogens is 353 g/mol. The second-order valence-electron chi connectivity index (χ2n) is 6.10. The van der Waals surface area contributed by atoms with Gasteiger partial charge in [-0.05, 0) is 44.1 Å². The number of hydrogen-bond donors (Lipinski definition) is 1. The zero-order valence-corrected chi connectivity index (χ0v) is 14.4. The summed E-state index contributed by atoms with van der Waals surface area (Å²) in [4.78, 5) is 39.4. The van der Waals surface area contributed by atoms with Crippen molar-refractivity contribution in [2.45, 2.75) is 25.3 Å². The Morgan fingerprint density at radius 3 is 2.42 bits per heavy atom. The van der Waals surface area contributed by atoms with Gasteiger partial charge in [-0.2, -0.15) is 0 Å². The molecule has 0 bridgehead atoms. The Morgan fingerprint density at radius 2 is 1.83 bits per heavy atom. The van der Waals surface area contributed by atoms with Crippen LogP contribution in [0.25, 0.3) is 0 Å². The maximum atomic E-state index is 12.7. The van der Waals surface area contributed by atoms with Crippen LogP contribution in [0.2, 0.25) is 10.0 Å². The number of amides is 3. The zero-order valence-electron chi connectivity index (χ0n) is 12.9. The zero-order chi connectivity index (χ0) is 17.4. The van der Waals surface area contributed by atoms with Gasteiger partial charge in [-0.15, -0.1) is 0 Å². The molecule has 2 heterocycles. The summed E-state index contributed by atoms with van der Waals surface area (Å²) < 4.78 is 0. The van der Waals surface area contributed by atoms with E-state index in [2.05, 4.69) is 0 Å². The smallest absolute Gasteiger partial charge is 0.251 e. The number of nitrogens with zero attached hydrogens (tertiary/aromatic N) is 2.